The second-order valence-electron chi connectivity index (χ2n) is 6.55. The van der Waals surface area contributed by atoms with Crippen molar-refractivity contribution in [1.29, 1.82) is 0 Å². The van der Waals surface area contributed by atoms with Crippen LogP contribution in [0.1, 0.15) is 5.56 Å². The number of hydrogen-bond donors (Lipinski definition) is 2. The number of anilines is 2. The van der Waals surface area contributed by atoms with Crippen molar-refractivity contribution in [3.05, 3.63) is 64.6 Å². The lowest BCUT2D eigenvalue weighted by atomic mass is 10.2. The fourth-order valence-corrected chi connectivity index (χ4v) is 4.16. The zero-order valence-electron chi connectivity index (χ0n) is 15.4. The average molecular weight is 506 g/mol. The lowest BCUT2D eigenvalue weighted by Gasteiger charge is -2.11. The predicted octanol–water partition coefficient (Wildman–Crippen LogP) is 6.88. The molecule has 0 saturated heterocycles. The molecule has 5 aromatic rings. The van der Waals surface area contributed by atoms with E-state index in [0.717, 1.165) is 29.4 Å². The van der Waals surface area contributed by atoms with Crippen LogP contribution in [0.15, 0.2) is 59.1 Å². The molecule has 0 fully saturated rings. The van der Waals surface area contributed by atoms with Crippen LogP contribution in [0.2, 0.25) is 0 Å². The first-order valence-corrected chi connectivity index (χ1v) is 10.4. The number of imidazole rings is 1. The summed E-state index contributed by atoms with van der Waals surface area (Å²) in [6, 6.07) is 14.6. The number of nitrogens with zero attached hydrogens (tertiary/aromatic N) is 3. The van der Waals surface area contributed by atoms with Gasteiger partial charge < -0.3 is 15.0 Å². The number of para-hydroxylation sites is 2. The molecule has 0 aliphatic heterocycles. The Hall–Kier alpha value is -3.18. The summed E-state index contributed by atoms with van der Waals surface area (Å²) >= 11 is 4.27. The summed E-state index contributed by atoms with van der Waals surface area (Å²) < 4.78 is 54.1. The average Bonchev–Trinajstić information content (AvgIpc) is 3.36. The second-order valence-corrected chi connectivity index (χ2v) is 7.93. The van der Waals surface area contributed by atoms with Crippen molar-refractivity contribution < 1.29 is 17.9 Å². The molecule has 11 heteroatoms. The molecule has 0 spiro atoms. The molecule has 0 saturated carbocycles. The fourth-order valence-electron chi connectivity index (χ4n) is 3.07. The van der Waals surface area contributed by atoms with Crippen molar-refractivity contribution in [2.45, 2.75) is 6.18 Å². The van der Waals surface area contributed by atoms with Gasteiger partial charge in [0.2, 0.25) is 5.95 Å². The van der Waals surface area contributed by atoms with E-state index in [1.165, 1.54) is 0 Å². The number of hydrogen-bond acceptors (Lipinski definition) is 6. The number of halogens is 4. The van der Waals surface area contributed by atoms with Crippen LogP contribution >= 0.6 is 27.7 Å². The molecule has 0 atom stereocenters. The van der Waals surface area contributed by atoms with Gasteiger partial charge in [0.15, 0.2) is 11.5 Å². The summed E-state index contributed by atoms with van der Waals surface area (Å²) in [5, 5.41) is 3.08. The summed E-state index contributed by atoms with van der Waals surface area (Å²) in [7, 11) is 0. The van der Waals surface area contributed by atoms with Gasteiger partial charge in [-0.25, -0.2) is 4.98 Å². The molecule has 0 bridgehead atoms. The van der Waals surface area contributed by atoms with E-state index in [9.17, 15) is 13.2 Å². The third kappa shape index (κ3) is 3.81. The van der Waals surface area contributed by atoms with Crippen molar-refractivity contribution in [3.63, 3.8) is 0 Å². The molecule has 2 aromatic heterocycles. The van der Waals surface area contributed by atoms with Gasteiger partial charge in [0.05, 0.1) is 28.5 Å². The molecule has 0 aliphatic rings. The van der Waals surface area contributed by atoms with Gasteiger partial charge in [0.25, 0.3) is 0 Å². The molecule has 2 N–H and O–H groups in total. The fraction of sp³-hybridized carbons (Fsp3) is 0.0500. The molecule has 6 nitrogen and oxygen atoms in total. The quantitative estimate of drug-likeness (QED) is 0.278. The van der Waals surface area contributed by atoms with Crippen molar-refractivity contribution in [2.24, 2.45) is 0 Å². The summed E-state index contributed by atoms with van der Waals surface area (Å²) in [6.07, 6.45) is -4.46. The first-order valence-electron chi connectivity index (χ1n) is 8.90. The first kappa shape index (κ1) is 19.8. The van der Waals surface area contributed by atoms with Crippen LogP contribution < -0.4 is 10.1 Å². The highest BCUT2D eigenvalue weighted by molar-refractivity contribution is 9.10. The summed E-state index contributed by atoms with van der Waals surface area (Å²) in [5.41, 5.74) is 1.82. The smallest absolute Gasteiger partial charge is 0.416 e. The van der Waals surface area contributed by atoms with Crippen LogP contribution in [-0.4, -0.2) is 18.7 Å². The molecule has 3 aromatic carbocycles. The van der Waals surface area contributed by atoms with Crippen molar-refractivity contribution in [1.82, 2.24) is 18.7 Å². The molecule has 0 amide bonds. The van der Waals surface area contributed by atoms with Crippen LogP contribution in [0.25, 0.3) is 22.1 Å². The minimum absolute atomic E-state index is 0.244. The Bertz CT molecular complexity index is 1420. The van der Waals surface area contributed by atoms with E-state index < -0.39 is 11.7 Å². The highest BCUT2D eigenvalue weighted by Crippen LogP contribution is 2.37. The molecule has 0 aliphatic carbocycles. The lowest BCUT2D eigenvalue weighted by Crippen LogP contribution is -2.04. The van der Waals surface area contributed by atoms with Gasteiger partial charge >= 0.3 is 6.18 Å². The predicted molar refractivity (Wildman–Crippen MR) is 116 cm³/mol. The lowest BCUT2D eigenvalue weighted by molar-refractivity contribution is -0.137. The summed E-state index contributed by atoms with van der Waals surface area (Å²) in [6.45, 7) is 0. The number of alkyl halides is 3. The van der Waals surface area contributed by atoms with Crippen LogP contribution in [0.5, 0.6) is 11.5 Å². The highest BCUT2D eigenvalue weighted by atomic mass is 79.9. The standard InChI is InChI=1S/C20H11BrF3N5OS/c21-11-8-10(20(22,23)24)9-14-17(11)27-19(26-14)25-12-4-1-2-6-15(12)30-16-7-3-5-13-18(16)29-31-28-13/h1-9H,(H2,25,26,27). The number of H-pyrrole nitrogens is 1. The minimum atomic E-state index is -4.46. The number of rotatable bonds is 4. The Morgan fingerprint density at radius 2 is 1.77 bits per heavy atom. The summed E-state index contributed by atoms with van der Waals surface area (Å²) in [4.78, 5) is 7.25. The van der Waals surface area contributed by atoms with Crippen LogP contribution in [0.4, 0.5) is 24.8 Å². The largest absolute Gasteiger partial charge is 0.453 e. The van der Waals surface area contributed by atoms with Crippen LogP contribution in [0, 0.1) is 0 Å². The van der Waals surface area contributed by atoms with E-state index in [2.05, 4.69) is 40.0 Å². The maximum Gasteiger partial charge on any atom is 0.416 e. The van der Waals surface area contributed by atoms with Gasteiger partial charge in [-0.15, -0.1) is 0 Å². The Kier molecular flexibility index (Phi) is 4.78. The molecular weight excluding hydrogens is 495 g/mol. The van der Waals surface area contributed by atoms with E-state index in [1.54, 1.807) is 24.3 Å². The second kappa shape index (κ2) is 7.50. The zero-order valence-corrected chi connectivity index (χ0v) is 17.8. The SMILES string of the molecule is FC(F)(F)c1cc(Br)c2nc(Nc3ccccc3Oc3cccc4nsnc34)[nH]c2c1. The Morgan fingerprint density at radius 1 is 0.968 bits per heavy atom. The van der Waals surface area contributed by atoms with E-state index >= 15 is 0 Å². The van der Waals surface area contributed by atoms with Gasteiger partial charge in [0.1, 0.15) is 16.6 Å². The van der Waals surface area contributed by atoms with Gasteiger partial charge in [-0.05, 0) is 52.3 Å². The number of nitrogens with one attached hydrogen (secondary N) is 2. The van der Waals surface area contributed by atoms with Crippen LogP contribution in [-0.2, 0) is 6.18 Å². The van der Waals surface area contributed by atoms with Crippen molar-refractivity contribution in [3.8, 4) is 11.5 Å². The first-order chi connectivity index (χ1) is 14.9. The number of aromatic amines is 1. The highest BCUT2D eigenvalue weighted by Gasteiger charge is 2.31. The van der Waals surface area contributed by atoms with Gasteiger partial charge in [-0.1, -0.05) is 18.2 Å². The third-order valence-corrected chi connectivity index (χ3v) is 5.62. The van der Waals surface area contributed by atoms with E-state index in [0.29, 0.717) is 28.2 Å². The topological polar surface area (TPSA) is 75.7 Å². The zero-order chi connectivity index (χ0) is 21.6. The monoisotopic (exact) mass is 505 g/mol. The van der Waals surface area contributed by atoms with E-state index in [1.807, 2.05) is 18.2 Å². The van der Waals surface area contributed by atoms with Crippen molar-refractivity contribution >= 4 is 61.4 Å². The molecule has 31 heavy (non-hydrogen) atoms. The number of ether oxygens (including phenoxy) is 1. The van der Waals surface area contributed by atoms with Gasteiger partial charge in [0, 0.05) is 4.47 Å². The van der Waals surface area contributed by atoms with E-state index in [-0.39, 0.29) is 15.9 Å². The van der Waals surface area contributed by atoms with Gasteiger partial charge in [-0.3, -0.25) is 0 Å². The van der Waals surface area contributed by atoms with E-state index in [4.69, 9.17) is 4.74 Å². The molecule has 156 valence electrons. The maximum absolute atomic E-state index is 13.1. The number of aromatic nitrogens is 4. The molecule has 0 unspecified atom stereocenters. The number of benzene rings is 3. The maximum atomic E-state index is 13.1. The Labute approximate surface area is 185 Å². The van der Waals surface area contributed by atoms with Crippen LogP contribution in [0.3, 0.4) is 0 Å². The summed E-state index contributed by atoms with van der Waals surface area (Å²) in [5.74, 6) is 1.32. The molecule has 0 radical (unpaired) electrons. The number of fused-ring (bicyclic) bond motifs is 2. The molecule has 5 rings (SSSR count). The molecular formula is C20H11BrF3N5OS. The third-order valence-electron chi connectivity index (χ3n) is 4.48. The van der Waals surface area contributed by atoms with Crippen molar-refractivity contribution in [2.75, 3.05) is 5.32 Å². The molecule has 2 heterocycles. The van der Waals surface area contributed by atoms with Gasteiger partial charge in [-0.2, -0.15) is 21.9 Å². The minimum Gasteiger partial charge on any atom is -0.453 e. The normalized spacial score (nSPS) is 11.9. The Morgan fingerprint density at radius 3 is 2.61 bits per heavy atom. The Balaban J connectivity index is 1.49.